The molecule has 0 aromatic carbocycles. The van der Waals surface area contributed by atoms with Gasteiger partial charge in [-0.2, -0.15) is 0 Å². The summed E-state index contributed by atoms with van der Waals surface area (Å²) in [5, 5.41) is 3.27. The van der Waals surface area contributed by atoms with E-state index in [0.29, 0.717) is 5.56 Å². The number of nitrogens with one attached hydrogen (secondary N) is 1. The van der Waals surface area contributed by atoms with Crippen LogP contribution in [0.1, 0.15) is 35.8 Å². The highest BCUT2D eigenvalue weighted by Crippen LogP contribution is 2.18. The summed E-state index contributed by atoms with van der Waals surface area (Å²) >= 11 is 0. The van der Waals surface area contributed by atoms with Gasteiger partial charge in [-0.1, -0.05) is 13.0 Å². The van der Waals surface area contributed by atoms with Crippen LogP contribution in [0.4, 0.5) is 5.82 Å². The fraction of sp³-hybridized carbons (Fsp3) is 0.421. The lowest BCUT2D eigenvalue weighted by Gasteiger charge is -2.30. The first-order valence-electron chi connectivity index (χ1n) is 8.61. The van der Waals surface area contributed by atoms with Crippen LogP contribution in [-0.4, -0.2) is 40.4 Å². The molecule has 1 saturated heterocycles. The molecule has 2 aromatic heterocycles. The number of rotatable bonds is 5. The highest BCUT2D eigenvalue weighted by Gasteiger charge is 2.21. The van der Waals surface area contributed by atoms with Crippen LogP contribution in [0.2, 0.25) is 0 Å². The van der Waals surface area contributed by atoms with E-state index in [-0.39, 0.29) is 5.91 Å². The molecule has 5 nitrogen and oxygen atoms in total. The second-order valence-electron chi connectivity index (χ2n) is 6.40. The van der Waals surface area contributed by atoms with Crippen LogP contribution in [0.15, 0.2) is 42.7 Å². The maximum absolute atomic E-state index is 12.5. The Labute approximate surface area is 143 Å². The second-order valence-corrected chi connectivity index (χ2v) is 6.40. The Morgan fingerprint density at radius 3 is 2.71 bits per heavy atom. The number of pyridine rings is 2. The summed E-state index contributed by atoms with van der Waals surface area (Å²) in [6.45, 7) is 4.71. The first kappa shape index (κ1) is 16.4. The first-order valence-corrected chi connectivity index (χ1v) is 8.61. The highest BCUT2D eigenvalue weighted by atomic mass is 16.2. The molecule has 24 heavy (non-hydrogen) atoms. The number of hydrogen-bond acceptors (Lipinski definition) is 4. The SMILES string of the molecule is CC1CCN(C(=O)c2ccc(NCCc3ccccn3)nc2)CC1. The third kappa shape index (κ3) is 4.31. The van der Waals surface area contributed by atoms with Gasteiger partial charge in [0.2, 0.25) is 0 Å². The van der Waals surface area contributed by atoms with E-state index in [1.54, 1.807) is 12.4 Å². The molecule has 3 rings (SSSR count). The third-order valence-corrected chi connectivity index (χ3v) is 4.49. The van der Waals surface area contributed by atoms with Crippen molar-refractivity contribution in [3.05, 3.63) is 54.0 Å². The maximum atomic E-state index is 12.5. The Balaban J connectivity index is 1.50. The van der Waals surface area contributed by atoms with Crippen molar-refractivity contribution in [3.63, 3.8) is 0 Å². The molecule has 0 bridgehead atoms. The van der Waals surface area contributed by atoms with Gasteiger partial charge in [0.05, 0.1) is 5.56 Å². The van der Waals surface area contributed by atoms with E-state index in [4.69, 9.17) is 0 Å². The van der Waals surface area contributed by atoms with Crippen LogP contribution in [0, 0.1) is 5.92 Å². The zero-order chi connectivity index (χ0) is 16.8. The molecule has 1 fully saturated rings. The largest absolute Gasteiger partial charge is 0.370 e. The number of aromatic nitrogens is 2. The standard InChI is InChI=1S/C19H24N4O/c1-15-8-12-23(13-9-15)19(24)16-5-6-18(22-14-16)21-11-7-17-4-2-3-10-20-17/h2-6,10,14-15H,7-9,11-13H2,1H3,(H,21,22). The van der Waals surface area contributed by atoms with Gasteiger partial charge in [-0.25, -0.2) is 4.98 Å². The number of anilines is 1. The van der Waals surface area contributed by atoms with Crippen LogP contribution in [0.25, 0.3) is 0 Å². The van der Waals surface area contributed by atoms with Crippen molar-refractivity contribution in [3.8, 4) is 0 Å². The molecule has 1 aliphatic heterocycles. The molecule has 0 aliphatic carbocycles. The first-order chi connectivity index (χ1) is 11.7. The summed E-state index contributed by atoms with van der Waals surface area (Å²) in [5.74, 6) is 1.60. The van der Waals surface area contributed by atoms with E-state index < -0.39 is 0 Å². The lowest BCUT2D eigenvalue weighted by molar-refractivity contribution is 0.0697. The monoisotopic (exact) mass is 324 g/mol. The topological polar surface area (TPSA) is 58.1 Å². The van der Waals surface area contributed by atoms with Gasteiger partial charge >= 0.3 is 0 Å². The third-order valence-electron chi connectivity index (χ3n) is 4.49. The Morgan fingerprint density at radius 2 is 2.04 bits per heavy atom. The van der Waals surface area contributed by atoms with Gasteiger partial charge in [0.25, 0.3) is 5.91 Å². The minimum Gasteiger partial charge on any atom is -0.370 e. The van der Waals surface area contributed by atoms with Crippen molar-refractivity contribution in [2.75, 3.05) is 25.0 Å². The summed E-state index contributed by atoms with van der Waals surface area (Å²) in [6.07, 6.45) is 6.49. The molecule has 0 spiro atoms. The molecule has 126 valence electrons. The second kappa shape index (κ2) is 7.90. The van der Waals surface area contributed by atoms with Crippen molar-refractivity contribution in [1.29, 1.82) is 0 Å². The van der Waals surface area contributed by atoms with E-state index >= 15 is 0 Å². The Bertz CT molecular complexity index is 649. The number of carbonyl (C=O) groups excluding carboxylic acids is 1. The quantitative estimate of drug-likeness (QED) is 0.918. The molecule has 0 saturated carbocycles. The molecule has 1 aliphatic rings. The van der Waals surface area contributed by atoms with E-state index in [0.717, 1.165) is 56.3 Å². The lowest BCUT2D eigenvalue weighted by atomic mass is 9.99. The van der Waals surface area contributed by atoms with Gasteiger partial charge < -0.3 is 10.2 Å². The average molecular weight is 324 g/mol. The summed E-state index contributed by atoms with van der Waals surface area (Å²) in [6, 6.07) is 9.64. The zero-order valence-electron chi connectivity index (χ0n) is 14.1. The number of amides is 1. The zero-order valence-corrected chi connectivity index (χ0v) is 14.1. The van der Waals surface area contributed by atoms with Gasteiger partial charge in [-0.05, 0) is 43.0 Å². The molecule has 1 amide bonds. The molecule has 2 aromatic rings. The molecule has 0 radical (unpaired) electrons. The van der Waals surface area contributed by atoms with Crippen molar-refractivity contribution < 1.29 is 4.79 Å². The van der Waals surface area contributed by atoms with Gasteiger partial charge in [-0.3, -0.25) is 9.78 Å². The Hall–Kier alpha value is -2.43. The normalized spacial score (nSPS) is 15.3. The maximum Gasteiger partial charge on any atom is 0.255 e. The minimum atomic E-state index is 0.0921. The number of likely N-dealkylation sites (tertiary alicyclic amines) is 1. The molecule has 1 N–H and O–H groups in total. The molecule has 0 atom stereocenters. The van der Waals surface area contributed by atoms with Crippen LogP contribution in [0.5, 0.6) is 0 Å². The predicted octanol–water partition coefficient (Wildman–Crippen LogP) is 3.00. The fourth-order valence-corrected chi connectivity index (χ4v) is 2.88. The van der Waals surface area contributed by atoms with E-state index in [2.05, 4.69) is 22.2 Å². The van der Waals surface area contributed by atoms with E-state index in [9.17, 15) is 4.79 Å². The van der Waals surface area contributed by atoms with Gasteiger partial charge in [-0.15, -0.1) is 0 Å². The Morgan fingerprint density at radius 1 is 1.21 bits per heavy atom. The molecular weight excluding hydrogens is 300 g/mol. The number of nitrogens with zero attached hydrogens (tertiary/aromatic N) is 3. The molecule has 3 heterocycles. The van der Waals surface area contributed by atoms with Crippen LogP contribution >= 0.6 is 0 Å². The molecule has 0 unspecified atom stereocenters. The summed E-state index contributed by atoms with van der Waals surface area (Å²) in [5.41, 5.74) is 1.72. The van der Waals surface area contributed by atoms with Gasteiger partial charge in [0.15, 0.2) is 0 Å². The summed E-state index contributed by atoms with van der Waals surface area (Å²) in [4.78, 5) is 23.1. The van der Waals surface area contributed by atoms with Crippen molar-refractivity contribution in [1.82, 2.24) is 14.9 Å². The van der Waals surface area contributed by atoms with Crippen molar-refractivity contribution >= 4 is 11.7 Å². The number of hydrogen-bond donors (Lipinski definition) is 1. The Kier molecular flexibility index (Phi) is 5.41. The molecular formula is C19H24N4O. The van der Waals surface area contributed by atoms with E-state index in [1.165, 1.54) is 0 Å². The van der Waals surface area contributed by atoms with Crippen molar-refractivity contribution in [2.24, 2.45) is 5.92 Å². The van der Waals surface area contributed by atoms with Crippen LogP contribution in [-0.2, 0) is 6.42 Å². The number of carbonyl (C=O) groups is 1. The summed E-state index contributed by atoms with van der Waals surface area (Å²) < 4.78 is 0. The lowest BCUT2D eigenvalue weighted by Crippen LogP contribution is -2.37. The van der Waals surface area contributed by atoms with E-state index in [1.807, 2.05) is 35.2 Å². The van der Waals surface area contributed by atoms with Crippen LogP contribution in [0.3, 0.4) is 0 Å². The summed E-state index contributed by atoms with van der Waals surface area (Å²) in [7, 11) is 0. The molecule has 5 heteroatoms. The minimum absolute atomic E-state index is 0.0921. The fourth-order valence-electron chi connectivity index (χ4n) is 2.88. The van der Waals surface area contributed by atoms with Gasteiger partial charge in [0, 0.05) is 44.1 Å². The average Bonchev–Trinajstić information content (AvgIpc) is 2.63. The predicted molar refractivity (Wildman–Crippen MR) is 95.0 cm³/mol. The van der Waals surface area contributed by atoms with Crippen LogP contribution < -0.4 is 5.32 Å². The highest BCUT2D eigenvalue weighted by molar-refractivity contribution is 5.94. The van der Waals surface area contributed by atoms with Crippen molar-refractivity contribution in [2.45, 2.75) is 26.2 Å². The smallest absolute Gasteiger partial charge is 0.255 e. The van der Waals surface area contributed by atoms with Gasteiger partial charge in [0.1, 0.15) is 5.82 Å². The number of piperidine rings is 1.